The third kappa shape index (κ3) is 2.33. The van der Waals surface area contributed by atoms with Crippen molar-refractivity contribution in [3.8, 4) is 0 Å². The van der Waals surface area contributed by atoms with E-state index in [4.69, 9.17) is 9.47 Å². The Balaban J connectivity index is 2.04. The van der Waals surface area contributed by atoms with Crippen LogP contribution in [0.3, 0.4) is 0 Å². The number of carbonyl (C=O) groups excluding carboxylic acids is 1. The molecule has 21 heavy (non-hydrogen) atoms. The van der Waals surface area contributed by atoms with E-state index in [0.717, 1.165) is 18.4 Å². The Morgan fingerprint density at radius 2 is 2.05 bits per heavy atom. The molecule has 1 heterocycles. The van der Waals surface area contributed by atoms with Crippen LogP contribution in [-0.4, -0.2) is 36.0 Å². The largest absolute Gasteiger partial charge is 0.458 e. The van der Waals surface area contributed by atoms with Crippen LogP contribution in [-0.2, 0) is 14.3 Å². The molecule has 0 aromatic carbocycles. The minimum absolute atomic E-state index is 0.0784. The first-order chi connectivity index (χ1) is 9.77. The molecule has 0 bridgehead atoms. The third-order valence-electron chi connectivity index (χ3n) is 5.58. The highest BCUT2D eigenvalue weighted by Crippen LogP contribution is 2.56. The van der Waals surface area contributed by atoms with Crippen molar-refractivity contribution in [2.24, 2.45) is 17.3 Å². The molecule has 1 saturated carbocycles. The van der Waals surface area contributed by atoms with Crippen molar-refractivity contribution < 1.29 is 19.4 Å². The summed E-state index contributed by atoms with van der Waals surface area (Å²) in [6.07, 6.45) is 1.94. The minimum atomic E-state index is -0.705. The summed E-state index contributed by atoms with van der Waals surface area (Å²) in [5.41, 5.74) is 1.32. The summed E-state index contributed by atoms with van der Waals surface area (Å²) < 4.78 is 11.3. The van der Waals surface area contributed by atoms with Gasteiger partial charge in [0.2, 0.25) is 0 Å². The Labute approximate surface area is 126 Å². The van der Waals surface area contributed by atoms with Crippen LogP contribution in [0.5, 0.6) is 0 Å². The maximum Gasteiger partial charge on any atom is 0.337 e. The van der Waals surface area contributed by atoms with E-state index in [2.05, 4.69) is 20.8 Å². The molecule has 1 fully saturated rings. The lowest BCUT2D eigenvalue weighted by atomic mass is 9.77. The summed E-state index contributed by atoms with van der Waals surface area (Å²) in [6, 6.07) is 0. The van der Waals surface area contributed by atoms with Gasteiger partial charge in [-0.2, -0.15) is 0 Å². The molecule has 0 saturated heterocycles. The lowest BCUT2D eigenvalue weighted by Crippen LogP contribution is -2.42. The molecule has 0 spiro atoms. The highest BCUT2D eigenvalue weighted by atomic mass is 16.5. The van der Waals surface area contributed by atoms with E-state index in [9.17, 15) is 9.90 Å². The molecule has 118 valence electrons. The minimum Gasteiger partial charge on any atom is -0.458 e. The van der Waals surface area contributed by atoms with Crippen molar-refractivity contribution in [2.45, 2.75) is 58.7 Å². The van der Waals surface area contributed by atoms with Gasteiger partial charge in [-0.25, -0.2) is 4.79 Å². The molecule has 1 N–H and O–H groups in total. The molecule has 0 aromatic rings. The molecule has 0 amide bonds. The zero-order valence-corrected chi connectivity index (χ0v) is 13.4. The van der Waals surface area contributed by atoms with E-state index in [1.165, 1.54) is 0 Å². The first-order valence-corrected chi connectivity index (χ1v) is 7.98. The summed E-state index contributed by atoms with van der Waals surface area (Å²) in [7, 11) is 0. The molecule has 4 heteroatoms. The fourth-order valence-electron chi connectivity index (χ4n) is 4.80. The molecule has 3 rings (SSSR count). The predicted octanol–water partition coefficient (Wildman–Crippen LogP) is 2.45. The number of hydrogen-bond acceptors (Lipinski definition) is 4. The molecule has 1 aliphatic heterocycles. The van der Waals surface area contributed by atoms with Crippen LogP contribution in [0.1, 0.15) is 47.0 Å². The topological polar surface area (TPSA) is 55.8 Å². The lowest BCUT2D eigenvalue weighted by molar-refractivity contribution is -0.138. The number of esters is 1. The summed E-state index contributed by atoms with van der Waals surface area (Å²) in [5.74, 6) is 0.0252. The number of cyclic esters (lactones) is 1. The fourth-order valence-corrected chi connectivity index (χ4v) is 4.80. The average Bonchev–Trinajstić information content (AvgIpc) is 2.87. The van der Waals surface area contributed by atoms with Crippen LogP contribution in [0.15, 0.2) is 11.1 Å². The molecular formula is C17H26O4. The second kappa shape index (κ2) is 4.82. The lowest BCUT2D eigenvalue weighted by Gasteiger charge is -2.38. The van der Waals surface area contributed by atoms with E-state index in [0.29, 0.717) is 25.2 Å². The number of ether oxygens (including phenoxy) is 2. The quantitative estimate of drug-likeness (QED) is 0.795. The molecule has 2 aliphatic carbocycles. The number of rotatable bonds is 2. The number of fused-ring (bicyclic) bond motifs is 1. The molecule has 3 aliphatic rings. The Bertz CT molecular complexity index is 493. The van der Waals surface area contributed by atoms with Gasteiger partial charge in [-0.05, 0) is 49.5 Å². The Kier molecular flexibility index (Phi) is 3.45. The van der Waals surface area contributed by atoms with Gasteiger partial charge in [0.1, 0.15) is 6.61 Å². The highest BCUT2D eigenvalue weighted by Gasteiger charge is 2.55. The van der Waals surface area contributed by atoms with Gasteiger partial charge in [-0.3, -0.25) is 0 Å². The van der Waals surface area contributed by atoms with Gasteiger partial charge in [-0.1, -0.05) is 13.8 Å². The first-order valence-electron chi connectivity index (χ1n) is 7.98. The third-order valence-corrected chi connectivity index (χ3v) is 5.58. The molecule has 4 nitrogen and oxygen atoms in total. The van der Waals surface area contributed by atoms with Crippen molar-refractivity contribution in [3.63, 3.8) is 0 Å². The van der Waals surface area contributed by atoms with Crippen molar-refractivity contribution in [3.05, 3.63) is 11.1 Å². The van der Waals surface area contributed by atoms with Gasteiger partial charge in [-0.15, -0.1) is 0 Å². The smallest absolute Gasteiger partial charge is 0.337 e. The number of hydrogen-bond donors (Lipinski definition) is 1. The van der Waals surface area contributed by atoms with Gasteiger partial charge in [0.25, 0.3) is 0 Å². The molecule has 4 atom stereocenters. The Hall–Kier alpha value is -0.870. The monoisotopic (exact) mass is 294 g/mol. The normalized spacial score (nSPS) is 41.6. The second-order valence-corrected chi connectivity index (χ2v) is 7.80. The van der Waals surface area contributed by atoms with Crippen molar-refractivity contribution in [1.29, 1.82) is 0 Å². The maximum atomic E-state index is 12.0. The summed E-state index contributed by atoms with van der Waals surface area (Å²) in [4.78, 5) is 12.0. The highest BCUT2D eigenvalue weighted by molar-refractivity contribution is 5.93. The molecular weight excluding hydrogens is 268 g/mol. The van der Waals surface area contributed by atoms with Crippen LogP contribution in [0.4, 0.5) is 0 Å². The van der Waals surface area contributed by atoms with Gasteiger partial charge < -0.3 is 14.6 Å². The number of aliphatic hydroxyl groups excluding tert-OH is 1. The van der Waals surface area contributed by atoms with Crippen molar-refractivity contribution in [2.75, 3.05) is 13.2 Å². The molecule has 0 unspecified atom stereocenters. The standard InChI is InChI=1S/C17H26O4/c1-5-21-17(4)6-10-9-20-15(19)13(10)14(18)11-7-16(2,3)8-12(11)17/h11-12,14,18H,5-9H2,1-4H3/t11-,12-,14+,17-/m0/s1. The Morgan fingerprint density at radius 3 is 2.71 bits per heavy atom. The summed E-state index contributed by atoms with van der Waals surface area (Å²) >= 11 is 0. The van der Waals surface area contributed by atoms with E-state index in [1.807, 2.05) is 6.92 Å². The summed E-state index contributed by atoms with van der Waals surface area (Å²) in [6.45, 7) is 9.59. The van der Waals surface area contributed by atoms with Crippen molar-refractivity contribution in [1.82, 2.24) is 0 Å². The summed E-state index contributed by atoms with van der Waals surface area (Å²) in [5, 5.41) is 10.8. The zero-order chi connectivity index (χ0) is 15.4. The Morgan fingerprint density at radius 1 is 1.33 bits per heavy atom. The van der Waals surface area contributed by atoms with Gasteiger partial charge in [0.05, 0.1) is 17.3 Å². The van der Waals surface area contributed by atoms with E-state index in [1.54, 1.807) is 0 Å². The SMILES string of the molecule is CCO[C@@]1(C)CC2=C(C(=O)OC2)[C@H](O)[C@H]2CC(C)(C)C[C@@H]21. The average molecular weight is 294 g/mol. The van der Waals surface area contributed by atoms with Crippen LogP contribution in [0.2, 0.25) is 0 Å². The van der Waals surface area contributed by atoms with E-state index < -0.39 is 6.10 Å². The van der Waals surface area contributed by atoms with E-state index >= 15 is 0 Å². The number of carbonyl (C=O) groups is 1. The second-order valence-electron chi connectivity index (χ2n) is 7.80. The van der Waals surface area contributed by atoms with Crippen LogP contribution in [0, 0.1) is 17.3 Å². The fraction of sp³-hybridized carbons (Fsp3) is 0.824. The van der Waals surface area contributed by atoms with Gasteiger partial charge in [0.15, 0.2) is 0 Å². The van der Waals surface area contributed by atoms with Crippen LogP contribution < -0.4 is 0 Å². The van der Waals surface area contributed by atoms with Crippen LogP contribution in [0.25, 0.3) is 0 Å². The van der Waals surface area contributed by atoms with Gasteiger partial charge >= 0.3 is 5.97 Å². The predicted molar refractivity (Wildman–Crippen MR) is 78.6 cm³/mol. The first kappa shape index (κ1) is 15.0. The zero-order valence-electron chi connectivity index (χ0n) is 13.4. The maximum absolute atomic E-state index is 12.0. The van der Waals surface area contributed by atoms with Gasteiger partial charge in [0, 0.05) is 13.0 Å². The molecule has 0 radical (unpaired) electrons. The van der Waals surface area contributed by atoms with Crippen molar-refractivity contribution >= 4 is 5.97 Å². The van der Waals surface area contributed by atoms with E-state index in [-0.39, 0.29) is 28.8 Å². The molecule has 0 aromatic heterocycles. The van der Waals surface area contributed by atoms with Crippen LogP contribution >= 0.6 is 0 Å². The number of aliphatic hydroxyl groups is 1.